The third kappa shape index (κ3) is 2.81. The van der Waals surface area contributed by atoms with Gasteiger partial charge < -0.3 is 19.9 Å². The number of aromatic amines is 1. The van der Waals surface area contributed by atoms with Crippen LogP contribution in [0.15, 0.2) is 18.5 Å². The van der Waals surface area contributed by atoms with Gasteiger partial charge in [-0.15, -0.1) is 6.42 Å². The summed E-state index contributed by atoms with van der Waals surface area (Å²) in [6.45, 7) is 1.17. The van der Waals surface area contributed by atoms with E-state index in [0.717, 1.165) is 23.1 Å². The summed E-state index contributed by atoms with van der Waals surface area (Å²) >= 11 is 6.24. The molecule has 0 saturated carbocycles. The van der Waals surface area contributed by atoms with Gasteiger partial charge in [-0.1, -0.05) is 17.5 Å². The predicted octanol–water partition coefficient (Wildman–Crippen LogP) is 2.96. The molecule has 2 aromatic rings. The maximum atomic E-state index is 11.8. The molecule has 3 heterocycles. The summed E-state index contributed by atoms with van der Waals surface area (Å²) in [6, 6.07) is 2.03. The molecule has 118 valence electrons. The van der Waals surface area contributed by atoms with Crippen molar-refractivity contribution in [3.05, 3.63) is 23.5 Å². The fourth-order valence-corrected chi connectivity index (χ4v) is 2.78. The van der Waals surface area contributed by atoms with Gasteiger partial charge in [0.1, 0.15) is 5.65 Å². The maximum absolute atomic E-state index is 11.8. The van der Waals surface area contributed by atoms with Crippen molar-refractivity contribution in [1.29, 1.82) is 0 Å². The quantitative estimate of drug-likeness (QED) is 0.852. The zero-order chi connectivity index (χ0) is 15.5. The van der Waals surface area contributed by atoms with E-state index in [4.69, 9.17) is 22.8 Å². The molecule has 0 radical (unpaired) electrons. The molecule has 0 bridgehead atoms. The van der Waals surface area contributed by atoms with Crippen LogP contribution in [0.1, 0.15) is 9.27 Å². The van der Waals surface area contributed by atoms with E-state index in [1.807, 2.05) is 12.3 Å². The minimum atomic E-state index is -0.380. The largest absolute Gasteiger partial charge is 0.436 e. The van der Waals surface area contributed by atoms with E-state index in [9.17, 15) is 4.79 Å². The summed E-state index contributed by atoms with van der Waals surface area (Å²) in [5.74, 6) is 2.28. The second-order valence-corrected chi connectivity index (χ2v) is 5.46. The lowest BCUT2D eigenvalue weighted by atomic mass is 10.2. The highest BCUT2D eigenvalue weighted by atomic mass is 35.5. The van der Waals surface area contributed by atoms with Crippen molar-refractivity contribution in [2.24, 2.45) is 0 Å². The van der Waals surface area contributed by atoms with Crippen LogP contribution in [0.25, 0.3) is 11.0 Å². The van der Waals surface area contributed by atoms with Gasteiger partial charge in [-0.25, -0.2) is 9.78 Å². The number of carbonyl (C=O) groups is 1. The smallest absolute Gasteiger partial charge is 0.410 e. The van der Waals surface area contributed by atoms with Crippen LogP contribution in [0, 0.1) is 12.3 Å². The van der Waals surface area contributed by atoms with E-state index < -0.39 is 0 Å². The first-order chi connectivity index (χ1) is 10.7. The van der Waals surface area contributed by atoms with Crippen molar-refractivity contribution < 1.29 is 12.4 Å². The SMILES string of the molecule is C#CCOC(=O)N1CC[C@H](Nc2c(Cl)cnc3[nH]ccc23)C1.[HH].[HH]. The molecule has 6 nitrogen and oxygen atoms in total. The Morgan fingerprint density at radius 2 is 2.59 bits per heavy atom. The minimum absolute atomic E-state index is 0. The van der Waals surface area contributed by atoms with Crippen LogP contribution in [0.3, 0.4) is 0 Å². The Kier molecular flexibility index (Phi) is 4.07. The Hall–Kier alpha value is -2.39. The number of rotatable bonds is 3. The number of carbonyl (C=O) groups excluding carboxylic acids is 1. The Morgan fingerprint density at radius 1 is 1.73 bits per heavy atom. The lowest BCUT2D eigenvalue weighted by molar-refractivity contribution is 0.122. The van der Waals surface area contributed by atoms with Crippen molar-refractivity contribution in [3.8, 4) is 12.3 Å². The number of halogens is 1. The average Bonchev–Trinajstić information content (AvgIpc) is 3.16. The normalized spacial score (nSPS) is 17.5. The number of fused-ring (bicyclic) bond motifs is 1. The number of aromatic nitrogens is 2. The highest BCUT2D eigenvalue weighted by molar-refractivity contribution is 6.34. The summed E-state index contributed by atoms with van der Waals surface area (Å²) in [5, 5.41) is 4.88. The lowest BCUT2D eigenvalue weighted by Gasteiger charge is -2.18. The molecule has 0 spiro atoms. The maximum Gasteiger partial charge on any atom is 0.410 e. The van der Waals surface area contributed by atoms with Gasteiger partial charge in [-0.2, -0.15) is 0 Å². The van der Waals surface area contributed by atoms with Crippen molar-refractivity contribution >= 4 is 34.4 Å². The topological polar surface area (TPSA) is 70.2 Å². The van der Waals surface area contributed by atoms with E-state index in [2.05, 4.69) is 21.2 Å². The molecule has 2 aromatic heterocycles. The van der Waals surface area contributed by atoms with Gasteiger partial charge in [0.2, 0.25) is 0 Å². The molecular formula is C15H19ClN4O2. The monoisotopic (exact) mass is 322 g/mol. The Labute approximate surface area is 135 Å². The number of H-pyrrole nitrogens is 1. The summed E-state index contributed by atoms with van der Waals surface area (Å²) in [4.78, 5) is 20.7. The molecule has 3 rings (SSSR count). The lowest BCUT2D eigenvalue weighted by Crippen LogP contribution is -2.32. The molecule has 0 aliphatic carbocycles. The standard InChI is InChI=1S/C15H15ClN4O2.2H2/c1-2-7-22-15(21)20-6-4-10(9-20)19-13-11-3-5-17-14(11)18-8-12(13)16;;/h1,3,5,8,10H,4,6-7,9H2,(H2,17,18,19);2*1H/t10-;;/m0../s1. The molecule has 1 fully saturated rings. The fourth-order valence-electron chi connectivity index (χ4n) is 2.57. The first-order valence-electron chi connectivity index (χ1n) is 6.92. The van der Waals surface area contributed by atoms with E-state index >= 15 is 0 Å². The number of terminal acetylenes is 1. The minimum Gasteiger partial charge on any atom is -0.436 e. The van der Waals surface area contributed by atoms with Gasteiger partial charge >= 0.3 is 6.09 Å². The predicted molar refractivity (Wildman–Crippen MR) is 89.1 cm³/mol. The van der Waals surface area contributed by atoms with Crippen LogP contribution in [-0.2, 0) is 4.74 Å². The summed E-state index contributed by atoms with van der Waals surface area (Å²) < 4.78 is 4.94. The molecule has 22 heavy (non-hydrogen) atoms. The summed E-state index contributed by atoms with van der Waals surface area (Å²) in [7, 11) is 0. The number of amides is 1. The molecule has 1 aliphatic rings. The van der Waals surface area contributed by atoms with Gasteiger partial charge in [0.05, 0.1) is 16.9 Å². The fraction of sp³-hybridized carbons (Fsp3) is 0.333. The van der Waals surface area contributed by atoms with Crippen molar-refractivity contribution in [1.82, 2.24) is 14.9 Å². The first-order valence-corrected chi connectivity index (χ1v) is 7.30. The highest BCUT2D eigenvalue weighted by Gasteiger charge is 2.28. The Morgan fingerprint density at radius 3 is 3.41 bits per heavy atom. The number of ether oxygens (including phenoxy) is 1. The second kappa shape index (κ2) is 6.16. The molecule has 1 saturated heterocycles. The third-order valence-corrected chi connectivity index (χ3v) is 3.90. The number of nitrogens with one attached hydrogen (secondary N) is 2. The molecule has 1 atom stereocenters. The number of nitrogens with zero attached hydrogens (tertiary/aromatic N) is 2. The molecular weight excluding hydrogens is 304 g/mol. The summed E-state index contributed by atoms with van der Waals surface area (Å²) in [6.07, 6.45) is 8.94. The van der Waals surface area contributed by atoms with Gasteiger partial charge in [0.25, 0.3) is 0 Å². The molecule has 0 unspecified atom stereocenters. The Balaban J connectivity index is 0.00000144. The molecule has 1 amide bonds. The van der Waals surface area contributed by atoms with Crippen LogP contribution in [0.5, 0.6) is 0 Å². The van der Waals surface area contributed by atoms with Gasteiger partial charge in [-0.3, -0.25) is 0 Å². The number of pyridine rings is 1. The van der Waals surface area contributed by atoms with Crippen molar-refractivity contribution in [3.63, 3.8) is 0 Å². The van der Waals surface area contributed by atoms with E-state index in [0.29, 0.717) is 18.1 Å². The molecule has 2 N–H and O–H groups in total. The van der Waals surface area contributed by atoms with Crippen LogP contribution in [0.2, 0.25) is 5.02 Å². The molecule has 1 aliphatic heterocycles. The van der Waals surface area contributed by atoms with E-state index in [1.54, 1.807) is 11.1 Å². The zero-order valence-corrected chi connectivity index (χ0v) is 12.6. The van der Waals surface area contributed by atoms with Gasteiger partial charge in [0.15, 0.2) is 6.61 Å². The van der Waals surface area contributed by atoms with Crippen LogP contribution < -0.4 is 5.32 Å². The number of hydrogen-bond donors (Lipinski definition) is 2. The highest BCUT2D eigenvalue weighted by Crippen LogP contribution is 2.30. The van der Waals surface area contributed by atoms with E-state index in [1.165, 1.54) is 0 Å². The van der Waals surface area contributed by atoms with Crippen LogP contribution >= 0.6 is 11.6 Å². The number of anilines is 1. The van der Waals surface area contributed by atoms with Gasteiger partial charge in [0, 0.05) is 33.6 Å². The van der Waals surface area contributed by atoms with Crippen LogP contribution in [-0.4, -0.2) is 46.7 Å². The van der Waals surface area contributed by atoms with E-state index in [-0.39, 0.29) is 21.6 Å². The number of hydrogen-bond acceptors (Lipinski definition) is 4. The summed E-state index contributed by atoms with van der Waals surface area (Å²) in [5.41, 5.74) is 1.60. The third-order valence-electron chi connectivity index (χ3n) is 3.61. The Bertz CT molecular complexity index is 747. The number of likely N-dealkylation sites (tertiary alicyclic amines) is 1. The zero-order valence-electron chi connectivity index (χ0n) is 11.8. The first kappa shape index (κ1) is 14.5. The van der Waals surface area contributed by atoms with Gasteiger partial charge in [-0.05, 0) is 12.5 Å². The second-order valence-electron chi connectivity index (χ2n) is 5.06. The molecule has 7 heteroatoms. The molecule has 0 aromatic carbocycles. The average molecular weight is 323 g/mol. The van der Waals surface area contributed by atoms with Crippen molar-refractivity contribution in [2.75, 3.05) is 25.0 Å². The van der Waals surface area contributed by atoms with Crippen LogP contribution in [0.4, 0.5) is 10.5 Å². The van der Waals surface area contributed by atoms with Crippen molar-refractivity contribution in [2.45, 2.75) is 12.5 Å².